The van der Waals surface area contributed by atoms with Gasteiger partial charge in [-0.1, -0.05) is 17.7 Å². The van der Waals surface area contributed by atoms with E-state index in [1.807, 2.05) is 10.8 Å². The number of unbranched alkanes of at least 4 members (excludes halogenated alkanes) is 1. The Bertz CT molecular complexity index is 526. The van der Waals surface area contributed by atoms with Gasteiger partial charge in [-0.2, -0.15) is 0 Å². The van der Waals surface area contributed by atoms with Crippen molar-refractivity contribution in [2.24, 2.45) is 0 Å². The lowest BCUT2D eigenvalue weighted by Crippen LogP contribution is -2.28. The van der Waals surface area contributed by atoms with Gasteiger partial charge in [-0.15, -0.1) is 11.8 Å². The van der Waals surface area contributed by atoms with Crippen LogP contribution in [0.1, 0.15) is 24.8 Å². The highest BCUT2D eigenvalue weighted by molar-refractivity contribution is 7.99. The van der Waals surface area contributed by atoms with Crippen LogP contribution in [0.25, 0.3) is 0 Å². The topological polar surface area (TPSA) is 63.2 Å². The first-order chi connectivity index (χ1) is 8.87. The standard InChI is InChI=1S/C13H19NO3S2/c1-11-6-5-7-12(10-11)18-9-4-3-8-13(15)14-19(2,16)17/h5-7,10H,3-4,8-9H2,1-2H3,(H,14,15). The summed E-state index contributed by atoms with van der Waals surface area (Å²) in [6.45, 7) is 2.06. The number of aryl methyl sites for hydroxylation is 1. The van der Waals surface area contributed by atoms with E-state index >= 15 is 0 Å². The monoisotopic (exact) mass is 301 g/mol. The van der Waals surface area contributed by atoms with Crippen molar-refractivity contribution in [3.05, 3.63) is 29.8 Å². The van der Waals surface area contributed by atoms with E-state index in [9.17, 15) is 13.2 Å². The summed E-state index contributed by atoms with van der Waals surface area (Å²) in [6, 6.07) is 8.27. The smallest absolute Gasteiger partial charge is 0.233 e. The Hall–Kier alpha value is -1.01. The molecular weight excluding hydrogens is 282 g/mol. The number of carbonyl (C=O) groups is 1. The molecule has 4 nitrogen and oxygen atoms in total. The summed E-state index contributed by atoms with van der Waals surface area (Å²) in [6.07, 6.45) is 2.82. The Labute approximate surface area is 119 Å². The zero-order valence-electron chi connectivity index (χ0n) is 11.2. The molecule has 0 unspecified atom stereocenters. The van der Waals surface area contributed by atoms with Crippen LogP contribution < -0.4 is 4.72 Å². The minimum absolute atomic E-state index is 0.251. The largest absolute Gasteiger partial charge is 0.274 e. The molecule has 0 aliphatic heterocycles. The van der Waals surface area contributed by atoms with E-state index in [1.54, 1.807) is 11.8 Å². The van der Waals surface area contributed by atoms with Gasteiger partial charge in [-0.25, -0.2) is 8.42 Å². The van der Waals surface area contributed by atoms with Crippen molar-refractivity contribution in [1.82, 2.24) is 4.72 Å². The van der Waals surface area contributed by atoms with Crippen molar-refractivity contribution in [2.75, 3.05) is 12.0 Å². The zero-order chi connectivity index (χ0) is 14.3. The lowest BCUT2D eigenvalue weighted by Gasteiger charge is -2.04. The molecule has 0 atom stereocenters. The number of benzene rings is 1. The Kier molecular flexibility index (Phi) is 6.37. The zero-order valence-corrected chi connectivity index (χ0v) is 12.8. The SMILES string of the molecule is Cc1cccc(SCCCCC(=O)NS(C)(=O)=O)c1. The Morgan fingerprint density at radius 1 is 1.32 bits per heavy atom. The van der Waals surface area contributed by atoms with E-state index in [-0.39, 0.29) is 6.42 Å². The molecule has 0 spiro atoms. The fraction of sp³-hybridized carbons (Fsp3) is 0.462. The highest BCUT2D eigenvalue weighted by atomic mass is 32.2. The van der Waals surface area contributed by atoms with Crippen LogP contribution in [-0.2, 0) is 14.8 Å². The van der Waals surface area contributed by atoms with Crippen LogP contribution in [0.4, 0.5) is 0 Å². The van der Waals surface area contributed by atoms with Gasteiger partial charge in [0.15, 0.2) is 0 Å². The number of hydrogen-bond acceptors (Lipinski definition) is 4. The van der Waals surface area contributed by atoms with E-state index in [0.29, 0.717) is 6.42 Å². The maximum absolute atomic E-state index is 11.2. The lowest BCUT2D eigenvalue weighted by atomic mass is 10.2. The summed E-state index contributed by atoms with van der Waals surface area (Å²) in [5, 5.41) is 0. The van der Waals surface area contributed by atoms with Gasteiger partial charge in [-0.3, -0.25) is 9.52 Å². The van der Waals surface area contributed by atoms with Crippen molar-refractivity contribution in [3.8, 4) is 0 Å². The summed E-state index contributed by atoms with van der Waals surface area (Å²) in [5.41, 5.74) is 1.23. The number of amides is 1. The molecule has 0 saturated heterocycles. The van der Waals surface area contributed by atoms with Gasteiger partial charge in [-0.05, 0) is 37.7 Å². The number of carbonyl (C=O) groups excluding carboxylic acids is 1. The predicted octanol–water partition coefficient (Wildman–Crippen LogP) is 2.33. The molecule has 0 aliphatic rings. The molecular formula is C13H19NO3S2. The van der Waals surface area contributed by atoms with E-state index in [1.165, 1.54) is 10.5 Å². The molecule has 1 N–H and O–H groups in total. The fourth-order valence-corrected chi connectivity index (χ4v) is 3.08. The van der Waals surface area contributed by atoms with Crippen LogP contribution in [0.5, 0.6) is 0 Å². The minimum atomic E-state index is -3.42. The molecule has 0 radical (unpaired) electrons. The average Bonchev–Trinajstić information content (AvgIpc) is 2.26. The van der Waals surface area contributed by atoms with Crippen LogP contribution in [0.2, 0.25) is 0 Å². The normalized spacial score (nSPS) is 11.3. The quantitative estimate of drug-likeness (QED) is 0.620. The van der Waals surface area contributed by atoms with Crippen molar-refractivity contribution in [3.63, 3.8) is 0 Å². The molecule has 1 aromatic carbocycles. The van der Waals surface area contributed by atoms with Gasteiger partial charge in [0.1, 0.15) is 0 Å². The molecule has 106 valence electrons. The number of hydrogen-bond donors (Lipinski definition) is 1. The highest BCUT2D eigenvalue weighted by Gasteiger charge is 2.07. The van der Waals surface area contributed by atoms with Gasteiger partial charge in [0, 0.05) is 11.3 Å². The van der Waals surface area contributed by atoms with Crippen molar-refractivity contribution in [1.29, 1.82) is 0 Å². The molecule has 0 heterocycles. The maximum atomic E-state index is 11.2. The molecule has 0 fully saturated rings. The molecule has 0 aliphatic carbocycles. The summed E-state index contributed by atoms with van der Waals surface area (Å²) < 4.78 is 23.6. The molecule has 6 heteroatoms. The third-order valence-electron chi connectivity index (χ3n) is 2.36. The van der Waals surface area contributed by atoms with Crippen LogP contribution in [-0.4, -0.2) is 26.3 Å². The maximum Gasteiger partial charge on any atom is 0.233 e. The van der Waals surface area contributed by atoms with Crippen molar-refractivity contribution < 1.29 is 13.2 Å². The van der Waals surface area contributed by atoms with Crippen LogP contribution in [0, 0.1) is 6.92 Å². The molecule has 1 amide bonds. The van der Waals surface area contributed by atoms with Gasteiger partial charge in [0.2, 0.25) is 15.9 Å². The molecule has 1 aromatic rings. The predicted molar refractivity (Wildman–Crippen MR) is 78.7 cm³/mol. The lowest BCUT2D eigenvalue weighted by molar-refractivity contribution is -0.119. The first kappa shape index (κ1) is 16.0. The molecule has 0 bridgehead atoms. The number of nitrogens with one attached hydrogen (secondary N) is 1. The Morgan fingerprint density at radius 3 is 2.68 bits per heavy atom. The highest BCUT2D eigenvalue weighted by Crippen LogP contribution is 2.20. The first-order valence-corrected chi connectivity index (χ1v) is 8.94. The first-order valence-electron chi connectivity index (χ1n) is 6.07. The summed E-state index contributed by atoms with van der Waals surface area (Å²) in [4.78, 5) is 12.5. The number of rotatable bonds is 7. The van der Waals surface area contributed by atoms with Gasteiger partial charge >= 0.3 is 0 Å². The number of thioether (sulfide) groups is 1. The summed E-state index contributed by atoms with van der Waals surface area (Å²) in [7, 11) is -3.42. The minimum Gasteiger partial charge on any atom is -0.274 e. The van der Waals surface area contributed by atoms with Crippen LogP contribution >= 0.6 is 11.8 Å². The Balaban J connectivity index is 2.16. The second kappa shape index (κ2) is 7.55. The van der Waals surface area contributed by atoms with Gasteiger partial charge in [0.25, 0.3) is 0 Å². The molecule has 1 rings (SSSR count). The summed E-state index contributed by atoms with van der Waals surface area (Å²) >= 11 is 1.75. The molecule has 0 saturated carbocycles. The van der Waals surface area contributed by atoms with Gasteiger partial charge in [0.05, 0.1) is 6.26 Å². The Morgan fingerprint density at radius 2 is 2.05 bits per heavy atom. The fourth-order valence-electron chi connectivity index (χ4n) is 1.54. The van der Waals surface area contributed by atoms with E-state index in [4.69, 9.17) is 0 Å². The van der Waals surface area contributed by atoms with E-state index in [0.717, 1.165) is 18.4 Å². The van der Waals surface area contributed by atoms with E-state index < -0.39 is 15.9 Å². The third kappa shape index (κ3) is 7.89. The van der Waals surface area contributed by atoms with Crippen molar-refractivity contribution in [2.45, 2.75) is 31.1 Å². The second-order valence-corrected chi connectivity index (χ2v) is 7.34. The average molecular weight is 301 g/mol. The van der Waals surface area contributed by atoms with E-state index in [2.05, 4.69) is 25.1 Å². The van der Waals surface area contributed by atoms with Gasteiger partial charge < -0.3 is 0 Å². The van der Waals surface area contributed by atoms with Crippen LogP contribution in [0.3, 0.4) is 0 Å². The molecule has 19 heavy (non-hydrogen) atoms. The third-order valence-corrected chi connectivity index (χ3v) is 4.03. The van der Waals surface area contributed by atoms with Crippen molar-refractivity contribution >= 4 is 27.7 Å². The number of sulfonamides is 1. The van der Waals surface area contributed by atoms with Crippen LogP contribution in [0.15, 0.2) is 29.2 Å². The summed E-state index contributed by atoms with van der Waals surface area (Å²) in [5.74, 6) is 0.498. The second-order valence-electron chi connectivity index (χ2n) is 4.42. The molecule has 0 aromatic heterocycles.